The number of carbonyl (C=O) groups is 3. The van der Waals surface area contributed by atoms with Gasteiger partial charge in [0.1, 0.15) is 5.69 Å². The summed E-state index contributed by atoms with van der Waals surface area (Å²) in [4.78, 5) is 40.8. The molecule has 0 saturated carbocycles. The number of nitrogens with zero attached hydrogens (tertiary/aromatic N) is 3. The van der Waals surface area contributed by atoms with Gasteiger partial charge in [-0.1, -0.05) is 17.7 Å². The number of aryl methyl sites for hydroxylation is 2. The van der Waals surface area contributed by atoms with Crippen LogP contribution in [-0.2, 0) is 11.0 Å². The van der Waals surface area contributed by atoms with Gasteiger partial charge in [0, 0.05) is 19.2 Å². The molecule has 0 radical (unpaired) electrons. The van der Waals surface area contributed by atoms with Crippen LogP contribution in [0.2, 0.25) is 5.02 Å². The van der Waals surface area contributed by atoms with Crippen LogP contribution in [0, 0.1) is 13.8 Å². The van der Waals surface area contributed by atoms with E-state index in [4.69, 9.17) is 11.6 Å². The van der Waals surface area contributed by atoms with Crippen molar-refractivity contribution in [2.45, 2.75) is 26.9 Å². The lowest BCUT2D eigenvalue weighted by atomic mass is 10.0. The summed E-state index contributed by atoms with van der Waals surface area (Å²) in [6.07, 6.45) is -3.56. The van der Waals surface area contributed by atoms with Crippen molar-refractivity contribution >= 4 is 35.0 Å². The average molecular weight is 495 g/mol. The van der Waals surface area contributed by atoms with Crippen molar-refractivity contribution in [2.24, 2.45) is 0 Å². The summed E-state index contributed by atoms with van der Waals surface area (Å²) in [6.45, 7) is 4.50. The number of hydrogen-bond donors (Lipinski definition) is 3. The number of amides is 3. The molecule has 3 aromatic rings. The van der Waals surface area contributed by atoms with Gasteiger partial charge < -0.3 is 5.32 Å². The highest BCUT2D eigenvalue weighted by molar-refractivity contribution is 6.32. The molecule has 2 aromatic heterocycles. The number of carbonyl (C=O) groups excluding carboxylic acids is 3. The number of benzene rings is 1. The summed E-state index contributed by atoms with van der Waals surface area (Å²) in [7, 11) is 0. The smallest absolute Gasteiger partial charge is 0.320 e. The molecule has 3 amide bonds. The fourth-order valence-corrected chi connectivity index (χ4v) is 3.28. The van der Waals surface area contributed by atoms with Gasteiger partial charge in [0.2, 0.25) is 5.91 Å². The highest BCUT2D eigenvalue weighted by Crippen LogP contribution is 2.31. The van der Waals surface area contributed by atoms with E-state index in [1.807, 2.05) is 0 Å². The van der Waals surface area contributed by atoms with E-state index in [0.717, 1.165) is 0 Å². The lowest BCUT2D eigenvalue weighted by Crippen LogP contribution is -2.40. The standard InChI is InChI=1S/C21H18ClF3N6O3/c1-10-7-11(2)17(13(8-10)19(33)29-28-12(3)32)27-20(34)15-9-16(21(23,24)25)30-31(15)18-14(22)5-4-6-26-18/h4-9H,1-3H3,(H,27,34)(H,28,32)(H,29,33). The van der Waals surface area contributed by atoms with E-state index in [1.165, 1.54) is 31.3 Å². The number of hydrogen-bond acceptors (Lipinski definition) is 5. The zero-order chi connectivity index (χ0) is 25.2. The van der Waals surface area contributed by atoms with Crippen LogP contribution in [0.15, 0.2) is 36.5 Å². The second-order valence-electron chi connectivity index (χ2n) is 7.23. The van der Waals surface area contributed by atoms with E-state index in [-0.39, 0.29) is 22.1 Å². The van der Waals surface area contributed by atoms with Crippen molar-refractivity contribution in [3.8, 4) is 5.82 Å². The van der Waals surface area contributed by atoms with E-state index in [2.05, 4.69) is 26.3 Å². The molecule has 0 unspecified atom stereocenters. The maximum Gasteiger partial charge on any atom is 0.435 e. The molecule has 0 aliphatic carbocycles. The minimum Gasteiger partial charge on any atom is -0.320 e. The Morgan fingerprint density at radius 1 is 1.06 bits per heavy atom. The van der Waals surface area contributed by atoms with Crippen LogP contribution in [0.4, 0.5) is 18.9 Å². The van der Waals surface area contributed by atoms with Crippen LogP contribution in [0.1, 0.15) is 44.6 Å². The average Bonchev–Trinajstić information content (AvgIpc) is 3.20. The number of halogens is 4. The van der Waals surface area contributed by atoms with Crippen molar-refractivity contribution in [1.29, 1.82) is 0 Å². The van der Waals surface area contributed by atoms with E-state index in [9.17, 15) is 27.6 Å². The number of anilines is 1. The molecular formula is C21H18ClF3N6O3. The number of aromatic nitrogens is 3. The number of nitrogens with one attached hydrogen (secondary N) is 3. The third-order valence-corrected chi connectivity index (χ3v) is 4.78. The van der Waals surface area contributed by atoms with Gasteiger partial charge in [0.15, 0.2) is 11.5 Å². The molecule has 13 heteroatoms. The molecule has 34 heavy (non-hydrogen) atoms. The molecule has 0 aliphatic rings. The summed E-state index contributed by atoms with van der Waals surface area (Å²) in [6, 6.07) is 6.53. The Morgan fingerprint density at radius 2 is 1.76 bits per heavy atom. The second-order valence-corrected chi connectivity index (χ2v) is 7.63. The number of rotatable bonds is 4. The van der Waals surface area contributed by atoms with Gasteiger partial charge in [-0.2, -0.15) is 18.3 Å². The zero-order valence-corrected chi connectivity index (χ0v) is 18.8. The lowest BCUT2D eigenvalue weighted by molar-refractivity contribution is -0.141. The fraction of sp³-hybridized carbons (Fsp3) is 0.190. The second kappa shape index (κ2) is 9.51. The summed E-state index contributed by atoms with van der Waals surface area (Å²) >= 11 is 6.07. The van der Waals surface area contributed by atoms with Gasteiger partial charge in [0.25, 0.3) is 11.8 Å². The quantitative estimate of drug-likeness (QED) is 0.479. The first kappa shape index (κ1) is 24.7. The highest BCUT2D eigenvalue weighted by Gasteiger charge is 2.36. The Hall–Kier alpha value is -3.93. The van der Waals surface area contributed by atoms with E-state index >= 15 is 0 Å². The van der Waals surface area contributed by atoms with Crippen LogP contribution in [-0.4, -0.2) is 32.5 Å². The van der Waals surface area contributed by atoms with Gasteiger partial charge >= 0.3 is 6.18 Å². The minimum atomic E-state index is -4.84. The SMILES string of the molecule is CC(=O)NNC(=O)c1cc(C)cc(C)c1NC(=O)c1cc(C(F)(F)F)nn1-c1ncccc1Cl. The van der Waals surface area contributed by atoms with Gasteiger partial charge in [-0.25, -0.2) is 9.67 Å². The lowest BCUT2D eigenvalue weighted by Gasteiger charge is -2.16. The van der Waals surface area contributed by atoms with E-state index in [1.54, 1.807) is 19.9 Å². The minimum absolute atomic E-state index is 0.0161. The summed E-state index contributed by atoms with van der Waals surface area (Å²) < 4.78 is 40.8. The van der Waals surface area contributed by atoms with Gasteiger partial charge in [-0.15, -0.1) is 0 Å². The first-order chi connectivity index (χ1) is 15.9. The Morgan fingerprint density at radius 3 is 2.38 bits per heavy atom. The number of pyridine rings is 1. The molecule has 2 heterocycles. The molecule has 1 aromatic carbocycles. The van der Waals surface area contributed by atoms with Crippen molar-refractivity contribution in [2.75, 3.05) is 5.32 Å². The van der Waals surface area contributed by atoms with Crippen molar-refractivity contribution in [1.82, 2.24) is 25.6 Å². The normalized spacial score (nSPS) is 11.1. The zero-order valence-electron chi connectivity index (χ0n) is 18.0. The molecule has 0 aliphatic heterocycles. The molecule has 3 rings (SSSR count). The summed E-state index contributed by atoms with van der Waals surface area (Å²) in [5, 5.41) is 5.92. The maximum atomic E-state index is 13.4. The topological polar surface area (TPSA) is 118 Å². The van der Waals surface area contributed by atoms with Gasteiger partial charge in [0.05, 0.1) is 16.3 Å². The Labute approximate surface area is 196 Å². The van der Waals surface area contributed by atoms with Crippen molar-refractivity contribution in [3.05, 3.63) is 69.6 Å². The molecule has 0 atom stereocenters. The molecule has 3 N–H and O–H groups in total. The van der Waals surface area contributed by atoms with Gasteiger partial charge in [-0.05, 0) is 43.2 Å². The maximum absolute atomic E-state index is 13.4. The van der Waals surface area contributed by atoms with Crippen LogP contribution in [0.25, 0.3) is 5.82 Å². The fourth-order valence-electron chi connectivity index (χ4n) is 3.08. The van der Waals surface area contributed by atoms with Crippen LogP contribution in [0.3, 0.4) is 0 Å². The third-order valence-electron chi connectivity index (χ3n) is 4.49. The first-order valence-corrected chi connectivity index (χ1v) is 10.0. The molecule has 0 spiro atoms. The van der Waals surface area contributed by atoms with E-state index in [0.29, 0.717) is 21.9 Å². The molecule has 0 saturated heterocycles. The molecule has 0 fully saturated rings. The monoisotopic (exact) mass is 494 g/mol. The Kier molecular flexibility index (Phi) is 6.91. The Balaban J connectivity index is 2.07. The van der Waals surface area contributed by atoms with E-state index < -0.39 is 35.3 Å². The predicted molar refractivity (Wildman–Crippen MR) is 117 cm³/mol. The van der Waals surface area contributed by atoms with Crippen LogP contribution >= 0.6 is 11.6 Å². The summed E-state index contributed by atoms with van der Waals surface area (Å²) in [5.74, 6) is -2.45. The molecular weight excluding hydrogens is 477 g/mol. The third kappa shape index (κ3) is 5.34. The van der Waals surface area contributed by atoms with Crippen molar-refractivity contribution in [3.63, 3.8) is 0 Å². The largest absolute Gasteiger partial charge is 0.435 e. The Bertz CT molecular complexity index is 1290. The van der Waals surface area contributed by atoms with Gasteiger partial charge in [-0.3, -0.25) is 25.2 Å². The van der Waals surface area contributed by atoms with Crippen molar-refractivity contribution < 1.29 is 27.6 Å². The van der Waals surface area contributed by atoms with Crippen LogP contribution < -0.4 is 16.2 Å². The highest BCUT2D eigenvalue weighted by atomic mass is 35.5. The molecule has 178 valence electrons. The number of alkyl halides is 3. The molecule has 9 nitrogen and oxygen atoms in total. The van der Waals surface area contributed by atoms with Crippen LogP contribution in [0.5, 0.6) is 0 Å². The number of hydrazine groups is 1. The molecule has 0 bridgehead atoms. The predicted octanol–water partition coefficient (Wildman–Crippen LogP) is 3.59. The summed E-state index contributed by atoms with van der Waals surface area (Å²) in [5.41, 5.74) is 3.64. The first-order valence-electron chi connectivity index (χ1n) is 9.66.